The molecule has 3 fully saturated rings. The largest absolute Gasteiger partial charge is 0.396 e. The number of rotatable bonds is 2. The molecule has 3 rings (SSSR count). The standard InChI is InChI=1S/C13H23NO3/c15-9-11-2-1-5-14(8-11)12-3-6-17-13(12)4-7-16-10-13/h11-12,15H,1-10H2. The van der Waals surface area contributed by atoms with Gasteiger partial charge in [0, 0.05) is 38.8 Å². The molecule has 4 heteroatoms. The van der Waals surface area contributed by atoms with E-state index in [0.717, 1.165) is 45.8 Å². The van der Waals surface area contributed by atoms with Gasteiger partial charge >= 0.3 is 0 Å². The highest BCUT2D eigenvalue weighted by molar-refractivity contribution is 5.02. The highest BCUT2D eigenvalue weighted by atomic mass is 16.6. The SMILES string of the molecule is OCC1CCCN(C2CCOC23CCOC3)C1. The summed E-state index contributed by atoms with van der Waals surface area (Å²) in [7, 11) is 0. The van der Waals surface area contributed by atoms with Crippen LogP contribution in [0.4, 0.5) is 0 Å². The molecule has 3 aliphatic heterocycles. The smallest absolute Gasteiger partial charge is 0.109 e. The zero-order valence-corrected chi connectivity index (χ0v) is 10.4. The van der Waals surface area contributed by atoms with E-state index >= 15 is 0 Å². The van der Waals surface area contributed by atoms with Gasteiger partial charge in [0.05, 0.1) is 6.61 Å². The molecular formula is C13H23NO3. The molecule has 0 aliphatic carbocycles. The first-order valence-electron chi connectivity index (χ1n) is 6.91. The highest BCUT2D eigenvalue weighted by Crippen LogP contribution is 2.38. The minimum atomic E-state index is -0.0304. The predicted molar refractivity (Wildman–Crippen MR) is 63.9 cm³/mol. The number of likely N-dealkylation sites (tertiary alicyclic amines) is 1. The van der Waals surface area contributed by atoms with Crippen LogP contribution in [0.1, 0.15) is 25.7 Å². The van der Waals surface area contributed by atoms with E-state index < -0.39 is 0 Å². The van der Waals surface area contributed by atoms with Gasteiger partial charge in [0.15, 0.2) is 0 Å². The molecule has 3 atom stereocenters. The van der Waals surface area contributed by atoms with Gasteiger partial charge in [-0.3, -0.25) is 4.90 Å². The normalized spacial score (nSPS) is 43.6. The lowest BCUT2D eigenvalue weighted by Gasteiger charge is -2.41. The summed E-state index contributed by atoms with van der Waals surface area (Å²) in [5.41, 5.74) is -0.0304. The van der Waals surface area contributed by atoms with Gasteiger partial charge in [-0.1, -0.05) is 0 Å². The zero-order valence-electron chi connectivity index (χ0n) is 10.4. The average Bonchev–Trinajstić information content (AvgIpc) is 3.01. The van der Waals surface area contributed by atoms with Crippen molar-refractivity contribution < 1.29 is 14.6 Å². The Balaban J connectivity index is 1.70. The lowest BCUT2D eigenvalue weighted by molar-refractivity contribution is -0.0531. The second-order valence-electron chi connectivity index (χ2n) is 5.71. The zero-order chi connectivity index (χ0) is 11.7. The summed E-state index contributed by atoms with van der Waals surface area (Å²) >= 11 is 0. The predicted octanol–water partition coefficient (Wildman–Crippen LogP) is 0.639. The van der Waals surface area contributed by atoms with Crippen molar-refractivity contribution in [1.29, 1.82) is 0 Å². The Bertz CT molecular complexity index is 260. The summed E-state index contributed by atoms with van der Waals surface area (Å²) in [6, 6.07) is 0.513. The summed E-state index contributed by atoms with van der Waals surface area (Å²) in [6.45, 7) is 4.99. The first-order valence-corrected chi connectivity index (χ1v) is 6.91. The lowest BCUT2D eigenvalue weighted by Crippen LogP contribution is -2.53. The highest BCUT2D eigenvalue weighted by Gasteiger charge is 2.50. The summed E-state index contributed by atoms with van der Waals surface area (Å²) in [5.74, 6) is 0.462. The second-order valence-corrected chi connectivity index (χ2v) is 5.71. The van der Waals surface area contributed by atoms with Crippen LogP contribution in [0.15, 0.2) is 0 Å². The fraction of sp³-hybridized carbons (Fsp3) is 1.00. The maximum atomic E-state index is 9.33. The van der Waals surface area contributed by atoms with Crippen molar-refractivity contribution in [2.75, 3.05) is 39.5 Å². The van der Waals surface area contributed by atoms with Gasteiger partial charge in [-0.05, 0) is 31.7 Å². The Morgan fingerprint density at radius 2 is 2.24 bits per heavy atom. The van der Waals surface area contributed by atoms with Crippen LogP contribution in [0.2, 0.25) is 0 Å². The second kappa shape index (κ2) is 4.84. The summed E-state index contributed by atoms with van der Waals surface area (Å²) < 4.78 is 11.6. The van der Waals surface area contributed by atoms with Crippen LogP contribution < -0.4 is 0 Å². The first kappa shape index (κ1) is 11.9. The van der Waals surface area contributed by atoms with Crippen LogP contribution in [0.3, 0.4) is 0 Å². The third kappa shape index (κ3) is 2.12. The molecule has 98 valence electrons. The van der Waals surface area contributed by atoms with E-state index in [1.54, 1.807) is 0 Å². The maximum absolute atomic E-state index is 9.33. The first-order chi connectivity index (χ1) is 8.34. The molecule has 0 bridgehead atoms. The van der Waals surface area contributed by atoms with E-state index in [1.165, 1.54) is 12.8 Å². The van der Waals surface area contributed by atoms with Crippen LogP contribution in [0.5, 0.6) is 0 Å². The van der Waals surface area contributed by atoms with Crippen LogP contribution in [0, 0.1) is 5.92 Å². The van der Waals surface area contributed by atoms with Crippen molar-refractivity contribution in [3.05, 3.63) is 0 Å². The third-order valence-corrected chi connectivity index (χ3v) is 4.65. The molecule has 3 saturated heterocycles. The number of hydrogen-bond donors (Lipinski definition) is 1. The maximum Gasteiger partial charge on any atom is 0.109 e. The van der Waals surface area contributed by atoms with Gasteiger partial charge in [-0.2, -0.15) is 0 Å². The Morgan fingerprint density at radius 3 is 3.00 bits per heavy atom. The minimum absolute atomic E-state index is 0.0304. The number of ether oxygens (including phenoxy) is 2. The van der Waals surface area contributed by atoms with Crippen molar-refractivity contribution in [1.82, 2.24) is 4.90 Å². The van der Waals surface area contributed by atoms with E-state index in [0.29, 0.717) is 18.6 Å². The fourth-order valence-corrected chi connectivity index (χ4v) is 3.72. The lowest BCUT2D eigenvalue weighted by atomic mass is 9.88. The molecule has 0 saturated carbocycles. The molecule has 3 heterocycles. The summed E-state index contributed by atoms with van der Waals surface area (Å²) in [4.78, 5) is 2.55. The molecule has 0 radical (unpaired) electrons. The van der Waals surface area contributed by atoms with Gasteiger partial charge in [-0.25, -0.2) is 0 Å². The topological polar surface area (TPSA) is 41.9 Å². The van der Waals surface area contributed by atoms with Gasteiger partial charge in [0.2, 0.25) is 0 Å². The van der Waals surface area contributed by atoms with Gasteiger partial charge in [0.25, 0.3) is 0 Å². The number of aliphatic hydroxyl groups excluding tert-OH is 1. The van der Waals surface area contributed by atoms with Gasteiger partial charge < -0.3 is 14.6 Å². The fourth-order valence-electron chi connectivity index (χ4n) is 3.72. The molecule has 0 aromatic carbocycles. The molecule has 1 spiro atoms. The number of nitrogens with zero attached hydrogens (tertiary/aromatic N) is 1. The molecule has 0 amide bonds. The number of hydrogen-bond acceptors (Lipinski definition) is 4. The molecule has 1 N–H and O–H groups in total. The van der Waals surface area contributed by atoms with E-state index in [2.05, 4.69) is 4.90 Å². The van der Waals surface area contributed by atoms with Crippen molar-refractivity contribution >= 4 is 0 Å². The molecular weight excluding hydrogens is 218 g/mol. The average molecular weight is 241 g/mol. The van der Waals surface area contributed by atoms with Crippen LogP contribution in [-0.4, -0.2) is 61.2 Å². The monoisotopic (exact) mass is 241 g/mol. The summed E-state index contributed by atoms with van der Waals surface area (Å²) in [5, 5.41) is 9.33. The number of aliphatic hydroxyl groups is 1. The van der Waals surface area contributed by atoms with Crippen molar-refractivity contribution in [3.8, 4) is 0 Å². The van der Waals surface area contributed by atoms with Gasteiger partial charge in [-0.15, -0.1) is 0 Å². The van der Waals surface area contributed by atoms with E-state index in [4.69, 9.17) is 9.47 Å². The molecule has 17 heavy (non-hydrogen) atoms. The van der Waals surface area contributed by atoms with Crippen LogP contribution in [0.25, 0.3) is 0 Å². The molecule has 0 aromatic rings. The Kier molecular flexibility index (Phi) is 3.39. The molecule has 0 aromatic heterocycles. The third-order valence-electron chi connectivity index (χ3n) is 4.65. The Hall–Kier alpha value is -0.160. The molecule has 3 aliphatic rings. The van der Waals surface area contributed by atoms with E-state index in [-0.39, 0.29) is 5.60 Å². The molecule has 4 nitrogen and oxygen atoms in total. The van der Waals surface area contributed by atoms with Crippen LogP contribution in [-0.2, 0) is 9.47 Å². The van der Waals surface area contributed by atoms with E-state index in [9.17, 15) is 5.11 Å². The van der Waals surface area contributed by atoms with E-state index in [1.807, 2.05) is 0 Å². The summed E-state index contributed by atoms with van der Waals surface area (Å²) in [6.07, 6.45) is 4.54. The quantitative estimate of drug-likeness (QED) is 0.770. The number of piperidine rings is 1. The van der Waals surface area contributed by atoms with Gasteiger partial charge in [0.1, 0.15) is 5.60 Å². The van der Waals surface area contributed by atoms with Crippen molar-refractivity contribution in [3.63, 3.8) is 0 Å². The van der Waals surface area contributed by atoms with Crippen molar-refractivity contribution in [2.45, 2.75) is 37.3 Å². The van der Waals surface area contributed by atoms with Crippen LogP contribution >= 0.6 is 0 Å². The van der Waals surface area contributed by atoms with Crippen molar-refractivity contribution in [2.24, 2.45) is 5.92 Å². The Morgan fingerprint density at radius 1 is 1.29 bits per heavy atom. The minimum Gasteiger partial charge on any atom is -0.396 e. The molecule has 3 unspecified atom stereocenters. The Labute approximate surface area is 103 Å².